The minimum atomic E-state index is 0.263. The van der Waals surface area contributed by atoms with Gasteiger partial charge < -0.3 is 10.5 Å². The van der Waals surface area contributed by atoms with E-state index in [4.69, 9.17) is 10.5 Å². The second kappa shape index (κ2) is 3.96. The van der Waals surface area contributed by atoms with E-state index < -0.39 is 0 Å². The number of hydrogen-bond acceptors (Lipinski definition) is 3. The predicted molar refractivity (Wildman–Crippen MR) is 55.2 cm³/mol. The smallest absolute Gasteiger partial charge is 0.213 e. The highest BCUT2D eigenvalue weighted by Gasteiger charge is 2.23. The molecular formula is C11H16N2O. The third kappa shape index (κ3) is 2.23. The molecule has 0 radical (unpaired) electrons. The largest absolute Gasteiger partial charge is 0.474 e. The van der Waals surface area contributed by atoms with Crippen LogP contribution in [0.5, 0.6) is 5.88 Å². The topological polar surface area (TPSA) is 48.1 Å². The molecule has 0 bridgehead atoms. The fourth-order valence-electron chi connectivity index (χ4n) is 1.82. The predicted octanol–water partition coefficient (Wildman–Crippen LogP) is 1.65. The van der Waals surface area contributed by atoms with Gasteiger partial charge in [0.2, 0.25) is 5.88 Å². The number of pyridine rings is 1. The van der Waals surface area contributed by atoms with Gasteiger partial charge in [-0.15, -0.1) is 0 Å². The Morgan fingerprint density at radius 3 is 3.00 bits per heavy atom. The summed E-state index contributed by atoms with van der Waals surface area (Å²) in [5.41, 5.74) is 6.99. The Bertz CT molecular complexity index is 314. The summed E-state index contributed by atoms with van der Waals surface area (Å²) in [6.45, 7) is 2.04. The molecule has 1 aliphatic rings. The van der Waals surface area contributed by atoms with Crippen LogP contribution in [0.2, 0.25) is 0 Å². The molecule has 1 aromatic rings. The lowest BCUT2D eigenvalue weighted by molar-refractivity contribution is 0.199. The summed E-state index contributed by atoms with van der Waals surface area (Å²) in [6.07, 6.45) is 5.11. The molecule has 2 rings (SSSR count). The van der Waals surface area contributed by atoms with Gasteiger partial charge in [-0.25, -0.2) is 4.98 Å². The van der Waals surface area contributed by atoms with Crippen molar-refractivity contribution in [2.75, 3.05) is 0 Å². The van der Waals surface area contributed by atoms with Crippen LogP contribution in [-0.2, 0) is 0 Å². The number of aryl methyl sites for hydroxylation is 1. The van der Waals surface area contributed by atoms with Crippen molar-refractivity contribution in [1.82, 2.24) is 4.98 Å². The molecule has 1 fully saturated rings. The second-order valence-electron chi connectivity index (χ2n) is 3.98. The molecular weight excluding hydrogens is 176 g/mol. The van der Waals surface area contributed by atoms with Crippen molar-refractivity contribution in [3.8, 4) is 5.88 Å². The quantitative estimate of drug-likeness (QED) is 0.775. The first-order chi connectivity index (χ1) is 6.74. The SMILES string of the molecule is Cc1ccnc(OC2CCC(N)C2)c1. The average Bonchev–Trinajstić information content (AvgIpc) is 2.51. The molecule has 1 heterocycles. The normalized spacial score (nSPS) is 26.4. The zero-order valence-corrected chi connectivity index (χ0v) is 8.44. The monoisotopic (exact) mass is 192 g/mol. The molecule has 0 aromatic carbocycles. The summed E-state index contributed by atoms with van der Waals surface area (Å²) in [7, 11) is 0. The van der Waals surface area contributed by atoms with E-state index in [9.17, 15) is 0 Å². The molecule has 76 valence electrons. The van der Waals surface area contributed by atoms with Crippen molar-refractivity contribution >= 4 is 0 Å². The minimum absolute atomic E-state index is 0.263. The van der Waals surface area contributed by atoms with Gasteiger partial charge in [0.15, 0.2) is 0 Å². The molecule has 0 saturated heterocycles. The molecule has 3 heteroatoms. The fourth-order valence-corrected chi connectivity index (χ4v) is 1.82. The van der Waals surface area contributed by atoms with Crippen molar-refractivity contribution in [3.63, 3.8) is 0 Å². The van der Waals surface area contributed by atoms with Crippen LogP contribution in [0.25, 0.3) is 0 Å². The summed E-state index contributed by atoms with van der Waals surface area (Å²) in [5, 5.41) is 0. The van der Waals surface area contributed by atoms with Crippen LogP contribution in [0.4, 0.5) is 0 Å². The Balaban J connectivity index is 1.97. The lowest BCUT2D eigenvalue weighted by atomic mass is 10.3. The third-order valence-electron chi connectivity index (χ3n) is 2.60. The van der Waals surface area contributed by atoms with Crippen LogP contribution in [0.3, 0.4) is 0 Å². The van der Waals surface area contributed by atoms with E-state index in [1.807, 2.05) is 19.1 Å². The summed E-state index contributed by atoms with van der Waals surface area (Å²) in [5.74, 6) is 0.726. The molecule has 2 N–H and O–H groups in total. The second-order valence-corrected chi connectivity index (χ2v) is 3.98. The van der Waals surface area contributed by atoms with Crippen LogP contribution >= 0.6 is 0 Å². The summed E-state index contributed by atoms with van der Waals surface area (Å²) < 4.78 is 5.74. The van der Waals surface area contributed by atoms with Gasteiger partial charge in [-0.1, -0.05) is 0 Å². The van der Waals surface area contributed by atoms with Crippen molar-refractivity contribution in [2.24, 2.45) is 5.73 Å². The van der Waals surface area contributed by atoms with Gasteiger partial charge in [-0.3, -0.25) is 0 Å². The molecule has 1 aromatic heterocycles. The first-order valence-electron chi connectivity index (χ1n) is 5.09. The van der Waals surface area contributed by atoms with E-state index in [-0.39, 0.29) is 6.10 Å². The highest BCUT2D eigenvalue weighted by atomic mass is 16.5. The van der Waals surface area contributed by atoms with Gasteiger partial charge in [0, 0.05) is 18.3 Å². The van der Waals surface area contributed by atoms with E-state index in [1.165, 1.54) is 5.56 Å². The lowest BCUT2D eigenvalue weighted by Gasteiger charge is -2.12. The molecule has 3 nitrogen and oxygen atoms in total. The lowest BCUT2D eigenvalue weighted by Crippen LogP contribution is -2.19. The van der Waals surface area contributed by atoms with Crippen LogP contribution in [0, 0.1) is 6.92 Å². The maximum Gasteiger partial charge on any atom is 0.213 e. The van der Waals surface area contributed by atoms with E-state index >= 15 is 0 Å². The van der Waals surface area contributed by atoms with E-state index in [2.05, 4.69) is 4.98 Å². The molecule has 1 aliphatic carbocycles. The number of rotatable bonds is 2. The Kier molecular flexibility index (Phi) is 2.68. The first-order valence-corrected chi connectivity index (χ1v) is 5.09. The van der Waals surface area contributed by atoms with E-state index in [1.54, 1.807) is 6.20 Å². The minimum Gasteiger partial charge on any atom is -0.474 e. The Morgan fingerprint density at radius 1 is 1.50 bits per heavy atom. The standard InChI is InChI=1S/C11H16N2O/c1-8-4-5-13-11(6-8)14-10-3-2-9(12)7-10/h4-6,9-10H,2-3,7,12H2,1H3. The van der Waals surface area contributed by atoms with Gasteiger partial charge >= 0.3 is 0 Å². The van der Waals surface area contributed by atoms with Gasteiger partial charge in [0.25, 0.3) is 0 Å². The number of nitrogens with two attached hydrogens (primary N) is 1. The number of aromatic nitrogens is 1. The molecule has 2 unspecified atom stereocenters. The molecule has 2 atom stereocenters. The number of ether oxygens (including phenoxy) is 1. The van der Waals surface area contributed by atoms with E-state index in [0.29, 0.717) is 6.04 Å². The Hall–Kier alpha value is -1.09. The summed E-state index contributed by atoms with van der Waals surface area (Å²) >= 11 is 0. The molecule has 1 saturated carbocycles. The molecule has 14 heavy (non-hydrogen) atoms. The van der Waals surface area contributed by atoms with Gasteiger partial charge in [0.1, 0.15) is 6.10 Å². The number of hydrogen-bond donors (Lipinski definition) is 1. The zero-order valence-electron chi connectivity index (χ0n) is 8.44. The maximum absolute atomic E-state index is 5.81. The zero-order chi connectivity index (χ0) is 9.97. The van der Waals surface area contributed by atoms with Crippen molar-refractivity contribution < 1.29 is 4.74 Å². The summed E-state index contributed by atoms with van der Waals surface area (Å²) in [4.78, 5) is 4.17. The highest BCUT2D eigenvalue weighted by molar-refractivity contribution is 5.19. The van der Waals surface area contributed by atoms with Crippen LogP contribution in [0.1, 0.15) is 24.8 Å². The third-order valence-corrected chi connectivity index (χ3v) is 2.60. The molecule has 0 amide bonds. The van der Waals surface area contributed by atoms with Gasteiger partial charge in [-0.2, -0.15) is 0 Å². The molecule has 0 spiro atoms. The van der Waals surface area contributed by atoms with Gasteiger partial charge in [-0.05, 0) is 37.8 Å². The van der Waals surface area contributed by atoms with Crippen molar-refractivity contribution in [3.05, 3.63) is 23.9 Å². The van der Waals surface area contributed by atoms with E-state index in [0.717, 1.165) is 25.1 Å². The Labute approximate surface area is 84.3 Å². The van der Waals surface area contributed by atoms with Gasteiger partial charge in [0.05, 0.1) is 0 Å². The van der Waals surface area contributed by atoms with Crippen LogP contribution in [0.15, 0.2) is 18.3 Å². The van der Waals surface area contributed by atoms with Crippen molar-refractivity contribution in [1.29, 1.82) is 0 Å². The van der Waals surface area contributed by atoms with Crippen LogP contribution in [-0.4, -0.2) is 17.1 Å². The maximum atomic E-state index is 5.81. The number of nitrogens with zero attached hydrogens (tertiary/aromatic N) is 1. The summed E-state index contributed by atoms with van der Waals surface area (Å²) in [6, 6.07) is 4.24. The average molecular weight is 192 g/mol. The first kappa shape index (κ1) is 9.46. The highest BCUT2D eigenvalue weighted by Crippen LogP contribution is 2.22. The fraction of sp³-hybridized carbons (Fsp3) is 0.545. The van der Waals surface area contributed by atoms with Crippen LogP contribution < -0.4 is 10.5 Å². The molecule has 0 aliphatic heterocycles. The Morgan fingerprint density at radius 2 is 2.36 bits per heavy atom. The van der Waals surface area contributed by atoms with Crippen molar-refractivity contribution in [2.45, 2.75) is 38.3 Å².